The summed E-state index contributed by atoms with van der Waals surface area (Å²) in [6.07, 6.45) is 0.0644. The smallest absolute Gasteiger partial charge is 0.311 e. The number of benzene rings is 2. The van der Waals surface area contributed by atoms with Gasteiger partial charge in [-0.05, 0) is 77.7 Å². The minimum Gasteiger partial charge on any atom is -0.455 e. The number of esters is 1. The fourth-order valence-electron chi connectivity index (χ4n) is 3.44. The van der Waals surface area contributed by atoms with Gasteiger partial charge >= 0.3 is 5.97 Å². The molecule has 0 saturated carbocycles. The Balaban J connectivity index is 1.57. The Bertz CT molecular complexity index is 1000. The van der Waals surface area contributed by atoms with Crippen molar-refractivity contribution in [3.63, 3.8) is 0 Å². The molecule has 0 unspecified atom stereocenters. The number of amides is 2. The van der Waals surface area contributed by atoms with Gasteiger partial charge in [-0.25, -0.2) is 0 Å². The number of nitrogens with zero attached hydrogens (tertiary/aromatic N) is 1. The summed E-state index contributed by atoms with van der Waals surface area (Å²) in [6, 6.07) is 9.26. The van der Waals surface area contributed by atoms with Gasteiger partial charge in [-0.15, -0.1) is 0 Å². The maximum absolute atomic E-state index is 12.4. The van der Waals surface area contributed by atoms with Gasteiger partial charge in [0.1, 0.15) is 0 Å². The van der Waals surface area contributed by atoms with Crippen molar-refractivity contribution in [3.8, 4) is 0 Å². The van der Waals surface area contributed by atoms with Gasteiger partial charge < -0.3 is 15.0 Å². The number of halogens is 2. The summed E-state index contributed by atoms with van der Waals surface area (Å²) in [6.45, 7) is 5.56. The Hall–Kier alpha value is -2.38. The summed E-state index contributed by atoms with van der Waals surface area (Å²) >= 11 is 9.38. The molecule has 0 aliphatic carbocycles. The van der Waals surface area contributed by atoms with E-state index in [9.17, 15) is 14.4 Å². The third kappa shape index (κ3) is 5.21. The lowest BCUT2D eigenvalue weighted by Crippen LogP contribution is -2.28. The number of anilines is 2. The first-order chi connectivity index (χ1) is 14.1. The van der Waals surface area contributed by atoms with Crippen LogP contribution in [0.25, 0.3) is 0 Å². The number of hydrogen-bond donors (Lipinski definition) is 1. The summed E-state index contributed by atoms with van der Waals surface area (Å²) in [5, 5.41) is 3.14. The Morgan fingerprint density at radius 3 is 2.50 bits per heavy atom. The minimum atomic E-state index is -0.602. The van der Waals surface area contributed by atoms with E-state index in [0.717, 1.165) is 26.9 Å². The fraction of sp³-hybridized carbons (Fsp3) is 0.318. The minimum absolute atomic E-state index is 0.0644. The van der Waals surface area contributed by atoms with Crippen molar-refractivity contribution < 1.29 is 19.1 Å². The Labute approximate surface area is 188 Å². The number of rotatable bonds is 5. The molecular formula is C22H22BrClN2O4. The standard InChI is InChI=1S/C22H22BrClN2O4/c1-12-4-13(2)6-16(5-12)26-10-15(8-21(26)28)22(29)30-11-20(27)25-19-9-18(24)17(23)7-14(19)3/h4-7,9,15H,8,10-11H2,1-3H3,(H,25,27)/t15-/m1/s1. The van der Waals surface area contributed by atoms with E-state index in [4.69, 9.17) is 16.3 Å². The molecule has 2 aromatic rings. The van der Waals surface area contributed by atoms with Gasteiger partial charge in [0.05, 0.1) is 10.9 Å². The molecule has 0 aromatic heterocycles. The maximum Gasteiger partial charge on any atom is 0.311 e. The molecule has 158 valence electrons. The highest BCUT2D eigenvalue weighted by atomic mass is 79.9. The number of ether oxygens (including phenoxy) is 1. The van der Waals surface area contributed by atoms with Gasteiger partial charge in [0.15, 0.2) is 6.61 Å². The molecule has 1 aliphatic rings. The summed E-state index contributed by atoms with van der Waals surface area (Å²) in [5.41, 5.74) is 4.22. The summed E-state index contributed by atoms with van der Waals surface area (Å²) in [7, 11) is 0. The molecule has 3 rings (SSSR count). The molecule has 30 heavy (non-hydrogen) atoms. The SMILES string of the molecule is Cc1cc(C)cc(N2C[C@H](C(=O)OCC(=O)Nc3cc(Cl)c(Br)cc3C)CC2=O)c1. The molecule has 0 spiro atoms. The van der Waals surface area contributed by atoms with Crippen LogP contribution < -0.4 is 10.2 Å². The zero-order valence-corrected chi connectivity index (χ0v) is 19.3. The van der Waals surface area contributed by atoms with Crippen molar-refractivity contribution in [2.75, 3.05) is 23.4 Å². The second kappa shape index (κ2) is 9.18. The van der Waals surface area contributed by atoms with E-state index in [1.165, 1.54) is 0 Å². The van der Waals surface area contributed by atoms with E-state index in [1.807, 2.05) is 39.0 Å². The fourth-order valence-corrected chi connectivity index (χ4v) is 4.06. The Morgan fingerprint density at radius 1 is 1.17 bits per heavy atom. The molecule has 2 aromatic carbocycles. The molecule has 6 nitrogen and oxygen atoms in total. The van der Waals surface area contributed by atoms with Gasteiger partial charge in [-0.2, -0.15) is 0 Å². The predicted octanol–water partition coefficient (Wildman–Crippen LogP) is 4.56. The third-order valence-corrected chi connectivity index (χ3v) is 6.06. The predicted molar refractivity (Wildman–Crippen MR) is 120 cm³/mol. The highest BCUT2D eigenvalue weighted by Crippen LogP contribution is 2.29. The topological polar surface area (TPSA) is 75.7 Å². The van der Waals surface area contributed by atoms with Gasteiger partial charge in [0.25, 0.3) is 5.91 Å². The zero-order valence-electron chi connectivity index (χ0n) is 16.9. The van der Waals surface area contributed by atoms with E-state index in [2.05, 4.69) is 21.2 Å². The summed E-state index contributed by atoms with van der Waals surface area (Å²) in [4.78, 5) is 38.6. The lowest BCUT2D eigenvalue weighted by molar-refractivity contribution is -0.151. The third-order valence-electron chi connectivity index (χ3n) is 4.86. The quantitative estimate of drug-likeness (QED) is 0.620. The molecule has 2 amide bonds. The summed E-state index contributed by atoms with van der Waals surface area (Å²) in [5.74, 6) is -1.77. The van der Waals surface area contributed by atoms with Crippen LogP contribution in [0.3, 0.4) is 0 Å². The first-order valence-corrected chi connectivity index (χ1v) is 10.6. The van der Waals surface area contributed by atoms with Crippen molar-refractivity contribution in [1.82, 2.24) is 0 Å². The van der Waals surface area contributed by atoms with Crippen molar-refractivity contribution >= 4 is 56.7 Å². The number of carbonyl (C=O) groups excluding carboxylic acids is 3. The van der Waals surface area contributed by atoms with Crippen molar-refractivity contribution in [1.29, 1.82) is 0 Å². The van der Waals surface area contributed by atoms with Gasteiger partial charge in [0.2, 0.25) is 5.91 Å². The number of carbonyl (C=O) groups is 3. The van der Waals surface area contributed by atoms with Gasteiger partial charge in [-0.3, -0.25) is 14.4 Å². The normalized spacial score (nSPS) is 16.0. The van der Waals surface area contributed by atoms with E-state index in [1.54, 1.807) is 17.0 Å². The molecular weight excluding hydrogens is 472 g/mol. The lowest BCUT2D eigenvalue weighted by atomic mass is 10.1. The largest absolute Gasteiger partial charge is 0.455 e. The van der Waals surface area contributed by atoms with Crippen LogP contribution in [0, 0.1) is 26.7 Å². The van der Waals surface area contributed by atoms with E-state index in [0.29, 0.717) is 10.7 Å². The highest BCUT2D eigenvalue weighted by molar-refractivity contribution is 9.10. The number of hydrogen-bond acceptors (Lipinski definition) is 4. The van der Waals surface area contributed by atoms with Crippen LogP contribution in [0.5, 0.6) is 0 Å². The molecule has 0 radical (unpaired) electrons. The first-order valence-electron chi connectivity index (χ1n) is 9.45. The van der Waals surface area contributed by atoms with Crippen LogP contribution in [0.15, 0.2) is 34.8 Å². The highest BCUT2D eigenvalue weighted by Gasteiger charge is 2.36. The van der Waals surface area contributed by atoms with Crippen molar-refractivity contribution in [3.05, 3.63) is 56.5 Å². The molecule has 8 heteroatoms. The van der Waals surface area contributed by atoms with Crippen LogP contribution in [-0.4, -0.2) is 30.9 Å². The van der Waals surface area contributed by atoms with E-state index in [-0.39, 0.29) is 18.9 Å². The maximum atomic E-state index is 12.4. The zero-order chi connectivity index (χ0) is 22.0. The molecule has 0 bridgehead atoms. The molecule has 1 heterocycles. The average Bonchev–Trinajstić information content (AvgIpc) is 3.05. The van der Waals surface area contributed by atoms with Crippen molar-refractivity contribution in [2.45, 2.75) is 27.2 Å². The second-order valence-electron chi connectivity index (χ2n) is 7.49. The first kappa shape index (κ1) is 22.3. The molecule has 1 saturated heterocycles. The van der Waals surface area contributed by atoms with Crippen LogP contribution in [-0.2, 0) is 19.1 Å². The molecule has 1 fully saturated rings. The van der Waals surface area contributed by atoms with E-state index >= 15 is 0 Å². The monoisotopic (exact) mass is 492 g/mol. The van der Waals surface area contributed by atoms with Gasteiger partial charge in [-0.1, -0.05) is 17.7 Å². The van der Waals surface area contributed by atoms with Crippen LogP contribution >= 0.6 is 27.5 Å². The molecule has 1 aliphatic heterocycles. The second-order valence-corrected chi connectivity index (χ2v) is 8.75. The van der Waals surface area contributed by atoms with Gasteiger partial charge in [0, 0.05) is 28.8 Å². The van der Waals surface area contributed by atoms with Crippen LogP contribution in [0.4, 0.5) is 11.4 Å². The Kier molecular flexibility index (Phi) is 6.83. The van der Waals surface area contributed by atoms with Crippen molar-refractivity contribution in [2.24, 2.45) is 5.92 Å². The lowest BCUT2D eigenvalue weighted by Gasteiger charge is -2.18. The average molecular weight is 494 g/mol. The van der Waals surface area contributed by atoms with E-state index < -0.39 is 24.4 Å². The van der Waals surface area contributed by atoms with Crippen LogP contribution in [0.1, 0.15) is 23.1 Å². The summed E-state index contributed by atoms with van der Waals surface area (Å²) < 4.78 is 5.89. The molecule has 1 atom stereocenters. The number of nitrogens with one attached hydrogen (secondary N) is 1. The Morgan fingerprint density at radius 2 is 1.83 bits per heavy atom. The van der Waals surface area contributed by atoms with Crippen LogP contribution in [0.2, 0.25) is 5.02 Å². The molecule has 1 N–H and O–H groups in total. The number of aryl methyl sites for hydroxylation is 3.